The van der Waals surface area contributed by atoms with Gasteiger partial charge in [0.2, 0.25) is 0 Å². The first-order chi connectivity index (χ1) is 9.65. The van der Waals surface area contributed by atoms with Crippen LogP contribution in [0.4, 0.5) is 5.69 Å². The molecule has 1 aromatic heterocycles. The Balaban J connectivity index is 1.75. The highest BCUT2D eigenvalue weighted by Gasteiger charge is 2.26. The molecule has 20 heavy (non-hydrogen) atoms. The molecule has 0 amide bonds. The standard InChI is InChI=1S/C15H15BrN2S2/c1-10-13-6-8-20-14(13)5-7-18(10)15(19)17-12-4-2-3-11(16)9-12/h2-4,6,8-10H,5,7H2,1H3,(H,17,19)/t10-/m0/s1. The third-order valence-corrected chi connectivity index (χ3v) is 5.44. The number of thiophene rings is 1. The zero-order chi connectivity index (χ0) is 14.1. The van der Waals surface area contributed by atoms with Crippen LogP contribution in [-0.2, 0) is 6.42 Å². The molecule has 1 aliphatic rings. The van der Waals surface area contributed by atoms with Crippen LogP contribution in [0.25, 0.3) is 0 Å². The molecule has 0 saturated carbocycles. The van der Waals surface area contributed by atoms with E-state index >= 15 is 0 Å². The largest absolute Gasteiger partial charge is 0.342 e. The van der Waals surface area contributed by atoms with Gasteiger partial charge >= 0.3 is 0 Å². The Morgan fingerprint density at radius 1 is 1.45 bits per heavy atom. The molecule has 1 aromatic carbocycles. The van der Waals surface area contributed by atoms with Gasteiger partial charge in [0.25, 0.3) is 0 Å². The molecule has 2 nitrogen and oxygen atoms in total. The average molecular weight is 367 g/mol. The van der Waals surface area contributed by atoms with Crippen molar-refractivity contribution in [3.8, 4) is 0 Å². The molecule has 2 aromatic rings. The van der Waals surface area contributed by atoms with Gasteiger partial charge in [-0.15, -0.1) is 11.3 Å². The number of nitrogens with one attached hydrogen (secondary N) is 1. The topological polar surface area (TPSA) is 15.3 Å². The highest BCUT2D eigenvalue weighted by molar-refractivity contribution is 9.10. The molecule has 0 radical (unpaired) electrons. The molecule has 0 aliphatic carbocycles. The van der Waals surface area contributed by atoms with E-state index in [0.717, 1.165) is 28.2 Å². The van der Waals surface area contributed by atoms with Crippen LogP contribution in [0.2, 0.25) is 0 Å². The maximum Gasteiger partial charge on any atom is 0.173 e. The predicted molar refractivity (Wildman–Crippen MR) is 93.5 cm³/mol. The molecule has 0 spiro atoms. The zero-order valence-electron chi connectivity index (χ0n) is 11.1. The Labute approximate surface area is 136 Å². The van der Waals surface area contributed by atoms with E-state index < -0.39 is 0 Å². The smallest absolute Gasteiger partial charge is 0.173 e. The van der Waals surface area contributed by atoms with Crippen molar-refractivity contribution in [1.29, 1.82) is 0 Å². The number of hydrogen-bond donors (Lipinski definition) is 1. The Morgan fingerprint density at radius 2 is 2.30 bits per heavy atom. The molecule has 3 rings (SSSR count). The number of nitrogens with zero attached hydrogens (tertiary/aromatic N) is 1. The summed E-state index contributed by atoms with van der Waals surface area (Å²) in [6, 6.07) is 10.6. The first-order valence-corrected chi connectivity index (χ1v) is 8.62. The van der Waals surface area contributed by atoms with Crippen LogP contribution in [0.3, 0.4) is 0 Å². The summed E-state index contributed by atoms with van der Waals surface area (Å²) in [5.41, 5.74) is 2.44. The highest BCUT2D eigenvalue weighted by Crippen LogP contribution is 2.33. The first-order valence-electron chi connectivity index (χ1n) is 6.54. The molecule has 104 valence electrons. The third kappa shape index (κ3) is 2.75. The molecule has 0 bridgehead atoms. The number of hydrogen-bond acceptors (Lipinski definition) is 2. The Kier molecular flexibility index (Phi) is 4.10. The normalized spacial score (nSPS) is 17.7. The predicted octanol–water partition coefficient (Wildman–Crippen LogP) is 4.83. The van der Waals surface area contributed by atoms with E-state index in [1.807, 2.05) is 35.6 Å². The molecule has 0 unspecified atom stereocenters. The number of thiocarbonyl (C=S) groups is 1. The average Bonchev–Trinajstić information content (AvgIpc) is 2.88. The van der Waals surface area contributed by atoms with Gasteiger partial charge in [-0.3, -0.25) is 0 Å². The minimum absolute atomic E-state index is 0.345. The minimum atomic E-state index is 0.345. The molecular formula is C15H15BrN2S2. The van der Waals surface area contributed by atoms with Crippen molar-refractivity contribution in [3.05, 3.63) is 50.6 Å². The number of halogens is 1. The summed E-state index contributed by atoms with van der Waals surface area (Å²) in [7, 11) is 0. The third-order valence-electron chi connectivity index (χ3n) is 3.61. The fourth-order valence-corrected chi connectivity index (χ4v) is 4.28. The summed E-state index contributed by atoms with van der Waals surface area (Å²) in [6.45, 7) is 3.20. The summed E-state index contributed by atoms with van der Waals surface area (Å²) >= 11 is 10.9. The van der Waals surface area contributed by atoms with Crippen LogP contribution in [-0.4, -0.2) is 16.6 Å². The lowest BCUT2D eigenvalue weighted by atomic mass is 10.0. The summed E-state index contributed by atoms with van der Waals surface area (Å²) in [6.07, 6.45) is 1.08. The van der Waals surface area contributed by atoms with Crippen molar-refractivity contribution < 1.29 is 0 Å². The lowest BCUT2D eigenvalue weighted by Crippen LogP contribution is -2.40. The lowest BCUT2D eigenvalue weighted by Gasteiger charge is -2.35. The molecule has 1 atom stereocenters. The number of fused-ring (bicyclic) bond motifs is 1. The SMILES string of the molecule is C[C@H]1c2ccsc2CCN1C(=S)Nc1cccc(Br)c1. The lowest BCUT2D eigenvalue weighted by molar-refractivity contribution is 0.326. The van der Waals surface area contributed by atoms with Crippen molar-refractivity contribution in [2.24, 2.45) is 0 Å². The first kappa shape index (κ1) is 14.0. The van der Waals surface area contributed by atoms with Crippen molar-refractivity contribution in [2.45, 2.75) is 19.4 Å². The summed E-state index contributed by atoms with van der Waals surface area (Å²) in [5, 5.41) is 6.31. The second-order valence-corrected chi connectivity index (χ2v) is 7.16. The maximum atomic E-state index is 5.58. The number of rotatable bonds is 1. The minimum Gasteiger partial charge on any atom is -0.342 e. The van der Waals surface area contributed by atoms with Crippen LogP contribution < -0.4 is 5.32 Å². The molecule has 2 heterocycles. The van der Waals surface area contributed by atoms with Gasteiger partial charge in [0, 0.05) is 21.6 Å². The Morgan fingerprint density at radius 3 is 3.10 bits per heavy atom. The molecule has 0 fully saturated rings. The van der Waals surface area contributed by atoms with Crippen molar-refractivity contribution in [1.82, 2.24) is 4.90 Å². The zero-order valence-corrected chi connectivity index (χ0v) is 14.3. The summed E-state index contributed by atoms with van der Waals surface area (Å²) in [5.74, 6) is 0. The van der Waals surface area contributed by atoms with Gasteiger partial charge in [-0.2, -0.15) is 0 Å². The number of benzene rings is 1. The van der Waals surface area contributed by atoms with Gasteiger partial charge < -0.3 is 10.2 Å². The Hall–Kier alpha value is -0.910. The van der Waals surface area contributed by atoms with E-state index in [9.17, 15) is 0 Å². The molecule has 0 saturated heterocycles. The van der Waals surface area contributed by atoms with Crippen molar-refractivity contribution in [2.75, 3.05) is 11.9 Å². The van der Waals surface area contributed by atoms with Gasteiger partial charge in [-0.1, -0.05) is 22.0 Å². The Bertz CT molecular complexity index is 638. The van der Waals surface area contributed by atoms with Gasteiger partial charge in [0.05, 0.1) is 6.04 Å². The van der Waals surface area contributed by atoms with E-state index in [4.69, 9.17) is 12.2 Å². The fourth-order valence-electron chi connectivity index (χ4n) is 2.55. The molecular weight excluding hydrogens is 352 g/mol. The van der Waals surface area contributed by atoms with E-state index in [-0.39, 0.29) is 0 Å². The number of anilines is 1. The van der Waals surface area contributed by atoms with Gasteiger partial charge in [0.15, 0.2) is 5.11 Å². The second-order valence-electron chi connectivity index (χ2n) is 4.86. The second kappa shape index (κ2) is 5.84. The van der Waals surface area contributed by atoms with Gasteiger partial charge in [-0.25, -0.2) is 0 Å². The van der Waals surface area contributed by atoms with E-state index in [1.165, 1.54) is 10.4 Å². The monoisotopic (exact) mass is 366 g/mol. The van der Waals surface area contributed by atoms with Crippen LogP contribution in [0.5, 0.6) is 0 Å². The van der Waals surface area contributed by atoms with E-state index in [2.05, 4.69) is 44.5 Å². The van der Waals surface area contributed by atoms with Crippen molar-refractivity contribution in [3.63, 3.8) is 0 Å². The van der Waals surface area contributed by atoms with Crippen LogP contribution >= 0.6 is 39.5 Å². The quantitative estimate of drug-likeness (QED) is 0.727. The fraction of sp³-hybridized carbons (Fsp3) is 0.267. The van der Waals surface area contributed by atoms with Crippen molar-refractivity contribution >= 4 is 50.3 Å². The molecule has 1 aliphatic heterocycles. The highest BCUT2D eigenvalue weighted by atomic mass is 79.9. The van der Waals surface area contributed by atoms with Gasteiger partial charge in [-0.05, 0) is 60.8 Å². The van der Waals surface area contributed by atoms with Crippen LogP contribution in [0.1, 0.15) is 23.4 Å². The van der Waals surface area contributed by atoms with Gasteiger partial charge in [0.1, 0.15) is 0 Å². The van der Waals surface area contributed by atoms with E-state index in [0.29, 0.717) is 6.04 Å². The van der Waals surface area contributed by atoms with E-state index in [1.54, 1.807) is 0 Å². The van der Waals surface area contributed by atoms with Crippen LogP contribution in [0, 0.1) is 0 Å². The molecule has 5 heteroatoms. The summed E-state index contributed by atoms with van der Waals surface area (Å²) in [4.78, 5) is 3.77. The van der Waals surface area contributed by atoms with Crippen LogP contribution in [0.15, 0.2) is 40.2 Å². The molecule has 1 N–H and O–H groups in total. The maximum absolute atomic E-state index is 5.58. The summed E-state index contributed by atoms with van der Waals surface area (Å²) < 4.78 is 1.05.